The first-order valence-electron chi connectivity index (χ1n) is 7.08. The summed E-state index contributed by atoms with van der Waals surface area (Å²) in [7, 11) is 0. The molecule has 0 heterocycles. The van der Waals surface area contributed by atoms with Gasteiger partial charge in [-0.05, 0) is 29.5 Å². The molecule has 0 saturated heterocycles. The third-order valence-corrected chi connectivity index (χ3v) is 2.91. The Bertz CT molecular complexity index is 370. The molecule has 3 N–H and O–H groups in total. The second-order valence-corrected chi connectivity index (χ2v) is 6.20. The third-order valence-electron chi connectivity index (χ3n) is 2.91. The number of aliphatic hydroxyl groups excluding tert-OH is 1. The average Bonchev–Trinajstić information content (AvgIpc) is 2.41. The minimum atomic E-state index is -0.607. The van der Waals surface area contributed by atoms with Gasteiger partial charge in [0.25, 0.3) is 0 Å². The van der Waals surface area contributed by atoms with E-state index in [2.05, 4.69) is 20.8 Å². The quantitative estimate of drug-likeness (QED) is 0.718. The van der Waals surface area contributed by atoms with Crippen LogP contribution >= 0.6 is 0 Å². The lowest BCUT2D eigenvalue weighted by Gasteiger charge is -2.18. The lowest BCUT2D eigenvalue weighted by Crippen LogP contribution is -2.24. The van der Waals surface area contributed by atoms with Crippen LogP contribution in [0.15, 0.2) is 24.3 Å². The van der Waals surface area contributed by atoms with Gasteiger partial charge in [-0.3, -0.25) is 0 Å². The van der Waals surface area contributed by atoms with Crippen LogP contribution in [-0.2, 0) is 11.3 Å². The third kappa shape index (κ3) is 7.48. The van der Waals surface area contributed by atoms with Crippen molar-refractivity contribution in [3.8, 4) is 5.75 Å². The molecule has 0 aromatic heterocycles. The predicted octanol–water partition coefficient (Wildman–Crippen LogP) is 2.34. The molecule has 0 spiro atoms. The minimum Gasteiger partial charge on any atom is -0.491 e. The maximum absolute atomic E-state index is 9.77. The Hall–Kier alpha value is -1.10. The highest BCUT2D eigenvalue weighted by atomic mass is 16.5. The van der Waals surface area contributed by atoms with E-state index in [1.165, 1.54) is 0 Å². The zero-order valence-electron chi connectivity index (χ0n) is 12.8. The molecule has 0 saturated carbocycles. The van der Waals surface area contributed by atoms with Crippen molar-refractivity contribution in [2.45, 2.75) is 39.8 Å². The number of nitrogens with two attached hydrogens (primary N) is 1. The van der Waals surface area contributed by atoms with Gasteiger partial charge in [0.1, 0.15) is 18.5 Å². The first kappa shape index (κ1) is 17.0. The lowest BCUT2D eigenvalue weighted by atomic mass is 9.93. The Morgan fingerprint density at radius 1 is 1.15 bits per heavy atom. The summed E-state index contributed by atoms with van der Waals surface area (Å²) in [4.78, 5) is 0. The van der Waals surface area contributed by atoms with Crippen molar-refractivity contribution in [2.75, 3.05) is 19.8 Å². The van der Waals surface area contributed by atoms with Gasteiger partial charge in [-0.15, -0.1) is 0 Å². The molecule has 0 bridgehead atoms. The van der Waals surface area contributed by atoms with Crippen LogP contribution in [0, 0.1) is 5.41 Å². The van der Waals surface area contributed by atoms with E-state index in [0.717, 1.165) is 17.7 Å². The number of aliphatic hydroxyl groups is 1. The first-order chi connectivity index (χ1) is 9.40. The summed E-state index contributed by atoms with van der Waals surface area (Å²) in [5.41, 5.74) is 6.84. The number of hydrogen-bond acceptors (Lipinski definition) is 4. The number of hydrogen-bond donors (Lipinski definition) is 2. The van der Waals surface area contributed by atoms with E-state index in [1.54, 1.807) is 0 Å². The molecule has 0 amide bonds. The molecule has 1 rings (SSSR count). The van der Waals surface area contributed by atoms with Gasteiger partial charge in [0, 0.05) is 13.2 Å². The highest BCUT2D eigenvalue weighted by Crippen LogP contribution is 2.18. The SMILES string of the molecule is CC(C)(C)CCOCC(O)COc1ccc(CN)cc1. The smallest absolute Gasteiger partial charge is 0.119 e. The van der Waals surface area contributed by atoms with Crippen molar-refractivity contribution < 1.29 is 14.6 Å². The Labute approximate surface area is 121 Å². The molecule has 1 atom stereocenters. The fraction of sp³-hybridized carbons (Fsp3) is 0.625. The van der Waals surface area contributed by atoms with E-state index in [-0.39, 0.29) is 12.0 Å². The van der Waals surface area contributed by atoms with Crippen molar-refractivity contribution in [1.82, 2.24) is 0 Å². The number of benzene rings is 1. The second kappa shape index (κ2) is 8.25. The molecule has 1 aromatic carbocycles. The molecular weight excluding hydrogens is 254 g/mol. The monoisotopic (exact) mass is 281 g/mol. The molecule has 0 fully saturated rings. The van der Waals surface area contributed by atoms with Crippen molar-refractivity contribution in [3.05, 3.63) is 29.8 Å². The van der Waals surface area contributed by atoms with Crippen LogP contribution in [-0.4, -0.2) is 31.0 Å². The van der Waals surface area contributed by atoms with E-state index < -0.39 is 6.10 Å². The Morgan fingerprint density at radius 3 is 2.35 bits per heavy atom. The van der Waals surface area contributed by atoms with E-state index >= 15 is 0 Å². The van der Waals surface area contributed by atoms with Crippen LogP contribution in [0.25, 0.3) is 0 Å². The van der Waals surface area contributed by atoms with Crippen molar-refractivity contribution >= 4 is 0 Å². The van der Waals surface area contributed by atoms with Crippen LogP contribution in [0.4, 0.5) is 0 Å². The molecule has 114 valence electrons. The molecule has 4 nitrogen and oxygen atoms in total. The van der Waals surface area contributed by atoms with Crippen LogP contribution < -0.4 is 10.5 Å². The van der Waals surface area contributed by atoms with Crippen LogP contribution in [0.1, 0.15) is 32.8 Å². The van der Waals surface area contributed by atoms with Gasteiger partial charge in [0.05, 0.1) is 6.61 Å². The van der Waals surface area contributed by atoms with Gasteiger partial charge in [0.15, 0.2) is 0 Å². The zero-order chi connectivity index (χ0) is 15.0. The predicted molar refractivity (Wildman–Crippen MR) is 80.7 cm³/mol. The van der Waals surface area contributed by atoms with Gasteiger partial charge >= 0.3 is 0 Å². The summed E-state index contributed by atoms with van der Waals surface area (Å²) >= 11 is 0. The zero-order valence-corrected chi connectivity index (χ0v) is 12.8. The fourth-order valence-electron chi connectivity index (χ4n) is 1.56. The molecule has 20 heavy (non-hydrogen) atoms. The first-order valence-corrected chi connectivity index (χ1v) is 7.08. The summed E-state index contributed by atoms with van der Waals surface area (Å²) < 4.78 is 10.9. The van der Waals surface area contributed by atoms with E-state index in [0.29, 0.717) is 19.8 Å². The van der Waals surface area contributed by atoms with E-state index in [4.69, 9.17) is 15.2 Å². The van der Waals surface area contributed by atoms with Gasteiger partial charge in [-0.1, -0.05) is 32.9 Å². The molecule has 0 aliphatic heterocycles. The molecular formula is C16H27NO3. The normalized spacial score (nSPS) is 13.2. The summed E-state index contributed by atoms with van der Waals surface area (Å²) in [6.07, 6.45) is 0.366. The maximum Gasteiger partial charge on any atom is 0.119 e. The highest BCUT2D eigenvalue weighted by Gasteiger charge is 2.11. The number of rotatable bonds is 8. The molecule has 1 aromatic rings. The van der Waals surface area contributed by atoms with E-state index in [1.807, 2.05) is 24.3 Å². The molecule has 0 aliphatic carbocycles. The van der Waals surface area contributed by atoms with Gasteiger partial charge < -0.3 is 20.3 Å². The van der Waals surface area contributed by atoms with Crippen LogP contribution in [0.5, 0.6) is 5.75 Å². The average molecular weight is 281 g/mol. The lowest BCUT2D eigenvalue weighted by molar-refractivity contribution is 0.00526. The Morgan fingerprint density at radius 2 is 1.80 bits per heavy atom. The molecule has 0 aliphatic rings. The number of ether oxygens (including phenoxy) is 2. The summed E-state index contributed by atoms with van der Waals surface area (Å²) in [6.45, 7) is 8.22. The fourth-order valence-corrected chi connectivity index (χ4v) is 1.56. The van der Waals surface area contributed by atoms with E-state index in [9.17, 15) is 5.11 Å². The Balaban J connectivity index is 2.17. The standard InChI is InChI=1S/C16H27NO3/c1-16(2,3)8-9-19-11-14(18)12-20-15-6-4-13(10-17)5-7-15/h4-7,14,18H,8-12,17H2,1-3H3. The van der Waals surface area contributed by atoms with Crippen molar-refractivity contribution in [1.29, 1.82) is 0 Å². The van der Waals surface area contributed by atoms with Gasteiger partial charge in [-0.2, -0.15) is 0 Å². The second-order valence-electron chi connectivity index (χ2n) is 6.20. The molecule has 4 heteroatoms. The summed E-state index contributed by atoms with van der Waals surface area (Å²) in [5.74, 6) is 0.732. The Kier molecular flexibility index (Phi) is 6.99. The topological polar surface area (TPSA) is 64.7 Å². The minimum absolute atomic E-state index is 0.234. The van der Waals surface area contributed by atoms with Gasteiger partial charge in [0.2, 0.25) is 0 Å². The van der Waals surface area contributed by atoms with Crippen LogP contribution in [0.2, 0.25) is 0 Å². The molecule has 1 unspecified atom stereocenters. The molecule has 0 radical (unpaired) electrons. The highest BCUT2D eigenvalue weighted by molar-refractivity contribution is 5.27. The van der Waals surface area contributed by atoms with Crippen molar-refractivity contribution in [3.63, 3.8) is 0 Å². The van der Waals surface area contributed by atoms with Crippen molar-refractivity contribution in [2.24, 2.45) is 11.1 Å². The maximum atomic E-state index is 9.77. The van der Waals surface area contributed by atoms with Crippen LogP contribution in [0.3, 0.4) is 0 Å². The largest absolute Gasteiger partial charge is 0.491 e. The summed E-state index contributed by atoms with van der Waals surface area (Å²) in [5, 5.41) is 9.77. The summed E-state index contributed by atoms with van der Waals surface area (Å²) in [6, 6.07) is 7.55. The van der Waals surface area contributed by atoms with Gasteiger partial charge in [-0.25, -0.2) is 0 Å².